The summed E-state index contributed by atoms with van der Waals surface area (Å²) in [4.78, 5) is 5.54. The van der Waals surface area contributed by atoms with Gasteiger partial charge >= 0.3 is 6.85 Å². The molecule has 0 atom stereocenters. The van der Waals surface area contributed by atoms with Gasteiger partial charge in [-0.25, -0.2) is 0 Å². The number of hydrogen-bond donors (Lipinski definition) is 0. The molecule has 0 saturated heterocycles. The van der Waals surface area contributed by atoms with Crippen LogP contribution in [0.1, 0.15) is 206 Å². The van der Waals surface area contributed by atoms with Crippen LogP contribution in [0.3, 0.4) is 0 Å². The van der Waals surface area contributed by atoms with Gasteiger partial charge in [0.05, 0.1) is 5.69 Å². The highest BCUT2D eigenvalue weighted by molar-refractivity contribution is 7.32. The van der Waals surface area contributed by atoms with Gasteiger partial charge in [0.1, 0.15) is 11.2 Å². The molecule has 3 nitrogen and oxygen atoms in total. The maximum atomic E-state index is 7.42. The Morgan fingerprint density at radius 3 is 1.64 bits per heavy atom. The lowest BCUT2D eigenvalue weighted by Crippen LogP contribution is -2.60. The van der Waals surface area contributed by atoms with Crippen molar-refractivity contribution in [1.82, 2.24) is 0 Å². The molecule has 4 aliphatic carbocycles. The van der Waals surface area contributed by atoms with Gasteiger partial charge in [-0.2, -0.15) is 0 Å². The van der Waals surface area contributed by atoms with Gasteiger partial charge in [-0.15, -0.1) is 11.3 Å². The summed E-state index contributed by atoms with van der Waals surface area (Å²) < 4.78 is 10.2. The highest BCUT2D eigenvalue weighted by atomic mass is 32.1. The predicted molar refractivity (Wildman–Crippen MR) is 345 cm³/mol. The van der Waals surface area contributed by atoms with E-state index in [4.69, 9.17) is 4.42 Å². The molecule has 5 heteroatoms. The minimum Gasteiger partial charge on any atom is -0.455 e. The number of benzene rings is 7. The number of nitrogens with zero attached hydrogens (tertiary/aromatic N) is 2. The van der Waals surface area contributed by atoms with Crippen LogP contribution in [0.25, 0.3) is 54.3 Å². The van der Waals surface area contributed by atoms with Gasteiger partial charge in [0, 0.05) is 64.9 Å². The van der Waals surface area contributed by atoms with Crippen LogP contribution in [0, 0.1) is 0 Å². The van der Waals surface area contributed by atoms with Crippen LogP contribution in [0.2, 0.25) is 0 Å². The lowest BCUT2D eigenvalue weighted by atomic mass is 9.46. The lowest BCUT2D eigenvalue weighted by Gasteiger charge is -2.46. The summed E-state index contributed by atoms with van der Waals surface area (Å²) >= 11 is 2.04. The highest BCUT2D eigenvalue weighted by Crippen LogP contribution is 2.61. The Morgan fingerprint density at radius 2 is 1.00 bits per heavy atom. The zero-order valence-electron chi connectivity index (χ0n) is 50.9. The van der Waals surface area contributed by atoms with Crippen molar-refractivity contribution in [3.8, 4) is 22.3 Å². The van der Waals surface area contributed by atoms with Crippen LogP contribution in [0.4, 0.5) is 28.4 Å². The summed E-state index contributed by atoms with van der Waals surface area (Å²) in [5, 5.41) is 3.70. The number of hydrogen-bond acceptors (Lipinski definition) is 4. The Balaban J connectivity index is 1.11. The van der Waals surface area contributed by atoms with Crippen molar-refractivity contribution < 1.29 is 4.42 Å². The fraction of sp³-hybridized carbons (Fsp3) is 0.413. The van der Waals surface area contributed by atoms with Crippen molar-refractivity contribution in [2.24, 2.45) is 0 Å². The van der Waals surface area contributed by atoms with Crippen molar-refractivity contribution in [1.29, 1.82) is 0 Å². The molecular weight excluding hydrogens is 988 g/mol. The standard InChI is InChI=1S/C75H81BN2OS/c1-68(2,3)42-22-24-43(25-23-42)78-59-40-53-46(47-36-55-57(39-52(47)75(53,16)17)73(12,13)32-30-71(55,8)9)35-49(59)63-64-60(38-48-45-20-18-19-21-61(45)79-66(48)63)77(44-26-27-51-54(34-44)70(6,7)29-28-69(51,4)5)65-50-37-56-58(41-62(50)80-67(65)76(64)78)74(14,15)33-31-72(56,10)11/h18-27,34-41H,28-33H2,1-17H3. The van der Waals surface area contributed by atoms with E-state index < -0.39 is 0 Å². The van der Waals surface area contributed by atoms with E-state index in [-0.39, 0.29) is 50.2 Å². The molecule has 0 fully saturated rings. The van der Waals surface area contributed by atoms with Gasteiger partial charge in [-0.1, -0.05) is 160 Å². The summed E-state index contributed by atoms with van der Waals surface area (Å²) in [6, 6.07) is 44.6. The number of furan rings is 1. The van der Waals surface area contributed by atoms with Gasteiger partial charge in [0.25, 0.3) is 0 Å². The molecule has 9 aromatic rings. The SMILES string of the molecule is CC(C)(C)c1ccc(N2B3c4sc5cc6c(cc5c4N(c4ccc5c(c4)C(C)(C)CCC5(C)C)c4cc5c(oc7ccccc75)c(c43)-c3cc4c(cc32)C(C)(C)c2cc3c(cc2-4)C(C)(C)CCC3(C)C)C(C)(C)CCC6(C)C)cc1. The molecule has 0 unspecified atom stereocenters. The predicted octanol–water partition coefficient (Wildman–Crippen LogP) is 20.2. The fourth-order valence-corrected chi connectivity index (χ4v) is 17.7. The molecule has 406 valence electrons. The van der Waals surface area contributed by atoms with Crippen molar-refractivity contribution in [3.05, 3.63) is 159 Å². The molecule has 0 radical (unpaired) electrons. The minimum atomic E-state index is -0.232. The molecule has 0 saturated carbocycles. The number of thiophene rings is 1. The summed E-state index contributed by atoms with van der Waals surface area (Å²) in [6.07, 6.45) is 7.07. The van der Waals surface area contributed by atoms with E-state index in [1.807, 2.05) is 11.3 Å². The summed E-state index contributed by atoms with van der Waals surface area (Å²) in [5.41, 5.74) is 28.2. The van der Waals surface area contributed by atoms with Crippen molar-refractivity contribution in [2.45, 2.75) is 200 Å². The molecular formula is C75H81BN2OS. The Morgan fingerprint density at radius 1 is 0.463 bits per heavy atom. The number of rotatable bonds is 2. The number of para-hydroxylation sites is 1. The normalized spacial score (nSPS) is 20.6. The van der Waals surface area contributed by atoms with E-state index >= 15 is 0 Å². The van der Waals surface area contributed by atoms with E-state index in [0.717, 1.165) is 23.0 Å². The van der Waals surface area contributed by atoms with Crippen LogP contribution in [0.15, 0.2) is 114 Å². The Hall–Kier alpha value is -6.04. The van der Waals surface area contributed by atoms with Crippen LogP contribution in [-0.2, 0) is 43.3 Å². The van der Waals surface area contributed by atoms with Crippen molar-refractivity contribution >= 4 is 88.9 Å². The first kappa shape index (κ1) is 50.9. The minimum absolute atomic E-state index is 0.00717. The van der Waals surface area contributed by atoms with Crippen LogP contribution < -0.4 is 20.0 Å². The average Bonchev–Trinajstić information content (AvgIpc) is 3.59. The van der Waals surface area contributed by atoms with E-state index in [2.05, 4.69) is 237 Å². The van der Waals surface area contributed by atoms with Gasteiger partial charge < -0.3 is 14.1 Å². The highest BCUT2D eigenvalue weighted by Gasteiger charge is 2.52. The maximum absolute atomic E-state index is 7.42. The average molecular weight is 1070 g/mol. The first-order chi connectivity index (χ1) is 37.5. The van der Waals surface area contributed by atoms with E-state index in [9.17, 15) is 0 Å². The monoisotopic (exact) mass is 1070 g/mol. The summed E-state index contributed by atoms with van der Waals surface area (Å²) in [6.45, 7) is 41.6. The van der Waals surface area contributed by atoms with Gasteiger partial charge in [-0.3, -0.25) is 0 Å². The third kappa shape index (κ3) is 6.79. The second-order valence-electron chi connectivity index (χ2n) is 31.3. The molecule has 6 aliphatic rings. The fourth-order valence-electron chi connectivity index (χ4n) is 16.4. The number of anilines is 5. The largest absolute Gasteiger partial charge is 0.455 e. The quantitative estimate of drug-likeness (QED) is 0.161. The van der Waals surface area contributed by atoms with Crippen molar-refractivity contribution in [3.63, 3.8) is 0 Å². The Labute approximate surface area is 481 Å². The first-order valence-electron chi connectivity index (χ1n) is 30.3. The smallest absolute Gasteiger partial charge is 0.343 e. The topological polar surface area (TPSA) is 19.6 Å². The molecule has 2 aliphatic heterocycles. The molecule has 0 bridgehead atoms. The Bertz CT molecular complexity index is 4220. The molecule has 2 aromatic heterocycles. The van der Waals surface area contributed by atoms with E-state index in [1.165, 1.54) is 159 Å². The number of fused-ring (bicyclic) bond motifs is 16. The second kappa shape index (κ2) is 15.7. The summed E-state index contributed by atoms with van der Waals surface area (Å²) in [7, 11) is 0. The maximum Gasteiger partial charge on any atom is 0.343 e. The summed E-state index contributed by atoms with van der Waals surface area (Å²) in [5.74, 6) is 0. The molecule has 15 rings (SSSR count). The second-order valence-corrected chi connectivity index (χ2v) is 32.4. The Kier molecular flexibility index (Phi) is 10.0. The van der Waals surface area contributed by atoms with Crippen molar-refractivity contribution in [2.75, 3.05) is 9.71 Å². The van der Waals surface area contributed by atoms with Crippen LogP contribution >= 0.6 is 11.3 Å². The zero-order chi connectivity index (χ0) is 56.1. The van der Waals surface area contributed by atoms with Crippen LogP contribution in [0.5, 0.6) is 0 Å². The van der Waals surface area contributed by atoms with Gasteiger partial charge in [0.2, 0.25) is 0 Å². The van der Waals surface area contributed by atoms with E-state index in [1.54, 1.807) is 0 Å². The van der Waals surface area contributed by atoms with E-state index in [0.29, 0.717) is 0 Å². The molecule has 7 aromatic carbocycles. The molecule has 80 heavy (non-hydrogen) atoms. The lowest BCUT2D eigenvalue weighted by molar-refractivity contribution is 0.331. The zero-order valence-corrected chi connectivity index (χ0v) is 51.7. The van der Waals surface area contributed by atoms with Gasteiger partial charge in [-0.05, 0) is 210 Å². The third-order valence-electron chi connectivity index (χ3n) is 22.0. The third-order valence-corrected chi connectivity index (χ3v) is 23.2. The molecule has 0 amide bonds. The molecule has 4 heterocycles. The molecule has 0 spiro atoms. The van der Waals surface area contributed by atoms with Crippen LogP contribution in [-0.4, -0.2) is 6.85 Å². The molecule has 0 N–H and O–H groups in total. The van der Waals surface area contributed by atoms with Gasteiger partial charge in [0.15, 0.2) is 0 Å². The first-order valence-corrected chi connectivity index (χ1v) is 31.1.